The van der Waals surface area contributed by atoms with Gasteiger partial charge in [-0.2, -0.15) is 5.10 Å². The zero-order valence-corrected chi connectivity index (χ0v) is 23.0. The van der Waals surface area contributed by atoms with E-state index >= 15 is 0 Å². The van der Waals surface area contributed by atoms with Crippen molar-refractivity contribution in [2.24, 2.45) is 0 Å². The number of nitrogens with zero attached hydrogens (tertiary/aromatic N) is 4. The molecule has 0 saturated heterocycles. The maximum atomic E-state index is 11.8. The summed E-state index contributed by atoms with van der Waals surface area (Å²) in [7, 11) is 0. The molecule has 3 N–H and O–H groups in total. The summed E-state index contributed by atoms with van der Waals surface area (Å²) in [6, 6.07) is 22.4. The van der Waals surface area contributed by atoms with Crippen LogP contribution in [0.5, 0.6) is 0 Å². The smallest absolute Gasteiger partial charge is 0.169 e. The van der Waals surface area contributed by atoms with Crippen molar-refractivity contribution in [2.75, 3.05) is 0 Å². The second-order valence-electron chi connectivity index (χ2n) is 9.89. The molecule has 9 heteroatoms. The lowest BCUT2D eigenvalue weighted by atomic mass is 10.1. The molecule has 0 atom stereocenters. The number of carbonyl (C=O) groups excluding carboxylic acids is 1. The number of ketones is 1. The zero-order valence-electron chi connectivity index (χ0n) is 22.2. The summed E-state index contributed by atoms with van der Waals surface area (Å²) in [6.07, 6.45) is 7.38. The number of carbonyl (C=O) groups is 1. The van der Waals surface area contributed by atoms with E-state index in [1.54, 1.807) is 13.1 Å². The first-order valence-corrected chi connectivity index (χ1v) is 14.1. The maximum Gasteiger partial charge on any atom is 0.169 e. The molecule has 0 fully saturated rings. The number of Topliss-reactive ketones (excluding diaryl/α,β-unsaturated/α-hetero) is 1. The molecule has 200 valence electrons. The van der Waals surface area contributed by atoms with E-state index in [1.165, 1.54) is 16.9 Å². The number of thiophene rings is 1. The van der Waals surface area contributed by atoms with E-state index in [2.05, 4.69) is 65.8 Å². The fourth-order valence-electron chi connectivity index (χ4n) is 4.99. The Morgan fingerprint density at radius 3 is 2.56 bits per heavy atom. The van der Waals surface area contributed by atoms with Gasteiger partial charge in [0.05, 0.1) is 21.1 Å². The summed E-state index contributed by atoms with van der Waals surface area (Å²) >= 11 is 1.45. The van der Waals surface area contributed by atoms with E-state index in [1.807, 2.05) is 55.0 Å². The highest BCUT2D eigenvalue weighted by atomic mass is 32.1. The van der Waals surface area contributed by atoms with Crippen LogP contribution in [0, 0.1) is 0 Å². The number of H-pyrrole nitrogens is 2. The van der Waals surface area contributed by atoms with E-state index < -0.39 is 0 Å². The van der Waals surface area contributed by atoms with Crippen LogP contribution in [0.3, 0.4) is 0 Å². The van der Waals surface area contributed by atoms with Crippen LogP contribution in [0.25, 0.3) is 55.0 Å². The van der Waals surface area contributed by atoms with Crippen LogP contribution in [-0.2, 0) is 13.1 Å². The highest BCUT2D eigenvalue weighted by Crippen LogP contribution is 2.36. The predicted octanol–water partition coefficient (Wildman–Crippen LogP) is 6.78. The number of pyridine rings is 3. The average molecular weight is 556 g/mol. The van der Waals surface area contributed by atoms with Crippen LogP contribution in [0.2, 0.25) is 0 Å². The van der Waals surface area contributed by atoms with Crippen molar-refractivity contribution in [2.45, 2.75) is 20.0 Å². The van der Waals surface area contributed by atoms with Crippen molar-refractivity contribution in [1.29, 1.82) is 0 Å². The van der Waals surface area contributed by atoms with Crippen molar-refractivity contribution in [3.05, 3.63) is 108 Å². The third kappa shape index (κ3) is 4.93. The first kappa shape index (κ1) is 25.0. The van der Waals surface area contributed by atoms with Gasteiger partial charge in [-0.1, -0.05) is 30.3 Å². The van der Waals surface area contributed by atoms with Crippen molar-refractivity contribution in [1.82, 2.24) is 35.5 Å². The van der Waals surface area contributed by atoms with Gasteiger partial charge in [0.15, 0.2) is 11.4 Å². The standard InChI is InChI=1S/C32H25N7OS/c1-19(40)28-7-8-29(41-28)31-24-13-27(37-26(24)9-10-35-31)30-25-12-23(18-36-32(25)39-38-30)22-11-21(16-34-17-22)15-33-14-20-5-3-2-4-6-20/h2-13,16-18,33,37H,14-15H2,1H3,(H,36,38,39). The van der Waals surface area contributed by atoms with Gasteiger partial charge in [-0.05, 0) is 54.4 Å². The topological polar surface area (TPSA) is 112 Å². The van der Waals surface area contributed by atoms with E-state index in [0.717, 1.165) is 66.4 Å². The summed E-state index contributed by atoms with van der Waals surface area (Å²) in [6.45, 7) is 3.09. The largest absolute Gasteiger partial charge is 0.353 e. The Morgan fingerprint density at radius 1 is 0.854 bits per heavy atom. The second kappa shape index (κ2) is 10.5. The number of aromatic amines is 2. The molecule has 7 aromatic rings. The molecule has 0 bridgehead atoms. The molecule has 0 spiro atoms. The highest BCUT2D eigenvalue weighted by molar-refractivity contribution is 7.17. The average Bonchev–Trinajstić information content (AvgIpc) is 3.76. The molecule has 7 rings (SSSR count). The third-order valence-corrected chi connectivity index (χ3v) is 8.23. The first-order valence-electron chi connectivity index (χ1n) is 13.2. The van der Waals surface area contributed by atoms with Crippen LogP contribution < -0.4 is 5.32 Å². The Balaban J connectivity index is 1.19. The second-order valence-corrected chi connectivity index (χ2v) is 11.0. The Hall–Kier alpha value is -4.99. The summed E-state index contributed by atoms with van der Waals surface area (Å²) < 4.78 is 0. The van der Waals surface area contributed by atoms with Gasteiger partial charge >= 0.3 is 0 Å². The lowest BCUT2D eigenvalue weighted by molar-refractivity contribution is 0.102. The van der Waals surface area contributed by atoms with Gasteiger partial charge in [0, 0.05) is 65.3 Å². The Kier molecular flexibility index (Phi) is 6.42. The number of rotatable bonds is 8. The summed E-state index contributed by atoms with van der Waals surface area (Å²) in [5.41, 5.74) is 8.43. The number of hydrogen-bond acceptors (Lipinski definition) is 7. The monoisotopic (exact) mass is 555 g/mol. The highest BCUT2D eigenvalue weighted by Gasteiger charge is 2.17. The minimum atomic E-state index is 0.0543. The number of fused-ring (bicyclic) bond motifs is 2. The molecule has 41 heavy (non-hydrogen) atoms. The van der Waals surface area contributed by atoms with Gasteiger partial charge in [0.25, 0.3) is 0 Å². The summed E-state index contributed by atoms with van der Waals surface area (Å²) in [5, 5.41) is 13.0. The number of hydrogen-bond donors (Lipinski definition) is 3. The zero-order chi connectivity index (χ0) is 27.8. The van der Waals surface area contributed by atoms with Crippen molar-refractivity contribution < 1.29 is 4.79 Å². The fourth-order valence-corrected chi connectivity index (χ4v) is 5.90. The van der Waals surface area contributed by atoms with E-state index in [9.17, 15) is 4.79 Å². The lowest BCUT2D eigenvalue weighted by Crippen LogP contribution is -2.12. The molecule has 0 aliphatic heterocycles. The molecule has 8 nitrogen and oxygen atoms in total. The fraction of sp³-hybridized carbons (Fsp3) is 0.0938. The third-order valence-electron chi connectivity index (χ3n) is 7.04. The van der Waals surface area contributed by atoms with E-state index in [4.69, 9.17) is 0 Å². The Morgan fingerprint density at radius 2 is 1.71 bits per heavy atom. The Labute approximate surface area is 239 Å². The molecule has 6 aromatic heterocycles. The van der Waals surface area contributed by atoms with Crippen LogP contribution in [0.4, 0.5) is 0 Å². The molecule has 0 unspecified atom stereocenters. The minimum absolute atomic E-state index is 0.0543. The normalized spacial score (nSPS) is 11.4. The summed E-state index contributed by atoms with van der Waals surface area (Å²) in [4.78, 5) is 30.8. The van der Waals surface area contributed by atoms with Crippen LogP contribution >= 0.6 is 11.3 Å². The van der Waals surface area contributed by atoms with Crippen molar-refractivity contribution in [3.63, 3.8) is 0 Å². The van der Waals surface area contributed by atoms with Crippen molar-refractivity contribution in [3.8, 4) is 33.1 Å². The van der Waals surface area contributed by atoms with Gasteiger partial charge in [-0.15, -0.1) is 11.3 Å². The maximum absolute atomic E-state index is 11.8. The molecule has 0 radical (unpaired) electrons. The minimum Gasteiger partial charge on any atom is -0.353 e. The molecule has 0 saturated carbocycles. The van der Waals surface area contributed by atoms with E-state index in [-0.39, 0.29) is 5.78 Å². The quantitative estimate of drug-likeness (QED) is 0.178. The molecule has 0 aliphatic carbocycles. The van der Waals surface area contributed by atoms with E-state index in [0.29, 0.717) is 12.2 Å². The lowest BCUT2D eigenvalue weighted by Gasteiger charge is -2.07. The Bertz CT molecular complexity index is 2020. The number of nitrogens with one attached hydrogen (secondary N) is 3. The number of benzene rings is 1. The molecular formula is C32H25N7OS. The van der Waals surface area contributed by atoms with Crippen LogP contribution in [0.1, 0.15) is 27.7 Å². The van der Waals surface area contributed by atoms with Gasteiger partial charge in [0.1, 0.15) is 5.69 Å². The summed E-state index contributed by atoms with van der Waals surface area (Å²) in [5.74, 6) is 0.0543. The van der Waals surface area contributed by atoms with Gasteiger partial charge < -0.3 is 10.3 Å². The molecule has 6 heterocycles. The molecule has 0 amide bonds. The number of aromatic nitrogens is 6. The van der Waals surface area contributed by atoms with Crippen LogP contribution in [0.15, 0.2) is 91.5 Å². The van der Waals surface area contributed by atoms with Crippen molar-refractivity contribution >= 4 is 39.1 Å². The van der Waals surface area contributed by atoms with Crippen LogP contribution in [-0.4, -0.2) is 35.9 Å². The van der Waals surface area contributed by atoms with Gasteiger partial charge in [0.2, 0.25) is 0 Å². The van der Waals surface area contributed by atoms with Gasteiger partial charge in [-0.3, -0.25) is 19.9 Å². The molecule has 1 aromatic carbocycles. The first-order chi connectivity index (χ1) is 20.1. The molecule has 0 aliphatic rings. The SMILES string of the molecule is CC(=O)c1ccc(-c2nccc3[nH]c(-c4n[nH]c5ncc(-c6cncc(CNCc7ccccc7)c6)cc45)cc23)s1. The van der Waals surface area contributed by atoms with Gasteiger partial charge in [-0.25, -0.2) is 4.98 Å². The predicted molar refractivity (Wildman–Crippen MR) is 163 cm³/mol. The molecular weight excluding hydrogens is 530 g/mol.